The minimum absolute atomic E-state index is 0.0305. The monoisotopic (exact) mass is 308 g/mol. The summed E-state index contributed by atoms with van der Waals surface area (Å²) in [6.07, 6.45) is 0.201. The minimum atomic E-state index is -0.835. The van der Waals surface area contributed by atoms with Gasteiger partial charge in [0.1, 0.15) is 6.04 Å². The van der Waals surface area contributed by atoms with Crippen molar-refractivity contribution in [3.63, 3.8) is 0 Å². The fraction of sp³-hybridized carbons (Fsp3) is 0.467. The number of nitro benzene ring substituents is 1. The van der Waals surface area contributed by atoms with E-state index >= 15 is 0 Å². The van der Waals surface area contributed by atoms with Crippen molar-refractivity contribution in [2.24, 2.45) is 5.41 Å². The van der Waals surface area contributed by atoms with Crippen molar-refractivity contribution >= 4 is 17.6 Å². The second-order valence-corrected chi connectivity index (χ2v) is 5.93. The number of carbonyl (C=O) groups excluding carboxylic acids is 2. The van der Waals surface area contributed by atoms with E-state index in [4.69, 9.17) is 4.74 Å². The Labute approximate surface area is 128 Å². The van der Waals surface area contributed by atoms with E-state index in [-0.39, 0.29) is 18.0 Å². The van der Waals surface area contributed by atoms with Crippen molar-refractivity contribution < 1.29 is 19.2 Å². The Morgan fingerprint density at radius 3 is 2.23 bits per heavy atom. The molecule has 0 aliphatic rings. The van der Waals surface area contributed by atoms with Crippen molar-refractivity contribution in [1.29, 1.82) is 0 Å². The van der Waals surface area contributed by atoms with Crippen LogP contribution in [0.15, 0.2) is 24.3 Å². The van der Waals surface area contributed by atoms with Gasteiger partial charge in [-0.25, -0.2) is 4.79 Å². The maximum Gasteiger partial charge on any atom is 0.328 e. The average Bonchev–Trinajstić information content (AvgIpc) is 2.45. The zero-order valence-electron chi connectivity index (χ0n) is 13.1. The highest BCUT2D eigenvalue weighted by Crippen LogP contribution is 2.16. The van der Waals surface area contributed by atoms with E-state index in [1.807, 2.05) is 0 Å². The highest BCUT2D eigenvalue weighted by atomic mass is 16.6. The van der Waals surface area contributed by atoms with Crippen LogP contribution in [0.5, 0.6) is 0 Å². The number of nitrogens with zero attached hydrogens (tertiary/aromatic N) is 1. The molecular formula is C15H20N2O5. The Morgan fingerprint density at radius 2 is 1.82 bits per heavy atom. The lowest BCUT2D eigenvalue weighted by Crippen LogP contribution is -2.47. The molecule has 0 aliphatic carbocycles. The molecule has 0 heterocycles. The number of hydrogen-bond acceptors (Lipinski definition) is 5. The van der Waals surface area contributed by atoms with E-state index < -0.39 is 22.3 Å². The van der Waals surface area contributed by atoms with Crippen LogP contribution in [-0.2, 0) is 20.7 Å². The quantitative estimate of drug-likeness (QED) is 0.508. The van der Waals surface area contributed by atoms with Crippen molar-refractivity contribution in [2.75, 3.05) is 7.11 Å². The number of methoxy groups -OCH3 is 1. The Hall–Kier alpha value is -2.44. The Balaban J connectivity index is 2.87. The summed E-state index contributed by atoms with van der Waals surface area (Å²) in [5.74, 6) is -0.833. The van der Waals surface area contributed by atoms with Crippen LogP contribution >= 0.6 is 0 Å². The molecule has 1 N–H and O–H groups in total. The lowest BCUT2D eigenvalue weighted by Gasteiger charge is -2.23. The van der Waals surface area contributed by atoms with Gasteiger partial charge in [0.05, 0.1) is 12.0 Å². The zero-order chi connectivity index (χ0) is 16.9. The van der Waals surface area contributed by atoms with E-state index in [1.165, 1.54) is 19.2 Å². The fourth-order valence-electron chi connectivity index (χ4n) is 1.70. The smallest absolute Gasteiger partial charge is 0.328 e. The molecule has 1 atom stereocenters. The van der Waals surface area contributed by atoms with Crippen LogP contribution in [-0.4, -0.2) is 30.0 Å². The number of rotatable bonds is 5. The predicted octanol–water partition coefficient (Wildman–Crippen LogP) is 1.84. The summed E-state index contributed by atoms with van der Waals surface area (Å²) in [7, 11) is 1.24. The van der Waals surface area contributed by atoms with Gasteiger partial charge in [-0.1, -0.05) is 32.9 Å². The first-order valence-corrected chi connectivity index (χ1v) is 6.77. The second-order valence-electron chi connectivity index (χ2n) is 5.93. The van der Waals surface area contributed by atoms with Gasteiger partial charge in [-0.15, -0.1) is 0 Å². The number of nitro groups is 1. The van der Waals surface area contributed by atoms with Crippen LogP contribution in [0.3, 0.4) is 0 Å². The first-order valence-electron chi connectivity index (χ1n) is 6.77. The van der Waals surface area contributed by atoms with Crippen LogP contribution in [0.2, 0.25) is 0 Å². The molecule has 0 saturated heterocycles. The van der Waals surface area contributed by atoms with Gasteiger partial charge in [-0.3, -0.25) is 14.9 Å². The summed E-state index contributed by atoms with van der Waals surface area (Å²) in [6, 6.07) is 4.98. The molecule has 22 heavy (non-hydrogen) atoms. The van der Waals surface area contributed by atoms with E-state index in [0.29, 0.717) is 5.56 Å². The van der Waals surface area contributed by atoms with Crippen LogP contribution < -0.4 is 5.32 Å². The molecule has 1 rings (SSSR count). The first-order chi connectivity index (χ1) is 10.1. The predicted molar refractivity (Wildman–Crippen MR) is 80.2 cm³/mol. The largest absolute Gasteiger partial charge is 0.467 e. The normalized spacial score (nSPS) is 12.4. The molecule has 0 saturated carbocycles. The van der Waals surface area contributed by atoms with Gasteiger partial charge in [-0.05, 0) is 5.56 Å². The van der Waals surface area contributed by atoms with Gasteiger partial charge in [0.15, 0.2) is 0 Å². The van der Waals surface area contributed by atoms with Crippen LogP contribution in [0, 0.1) is 15.5 Å². The van der Waals surface area contributed by atoms with Gasteiger partial charge >= 0.3 is 5.97 Å². The summed E-state index contributed by atoms with van der Waals surface area (Å²) in [5, 5.41) is 13.3. The third-order valence-corrected chi connectivity index (χ3v) is 3.06. The van der Waals surface area contributed by atoms with Gasteiger partial charge in [-0.2, -0.15) is 0 Å². The van der Waals surface area contributed by atoms with Gasteiger partial charge in [0, 0.05) is 24.0 Å². The fourth-order valence-corrected chi connectivity index (χ4v) is 1.70. The molecule has 7 heteroatoms. The van der Waals surface area contributed by atoms with Gasteiger partial charge in [0.25, 0.3) is 5.69 Å². The third-order valence-electron chi connectivity index (χ3n) is 3.06. The number of ether oxygens (including phenoxy) is 1. The summed E-state index contributed by atoms with van der Waals surface area (Å²) in [4.78, 5) is 34.0. The molecule has 0 aliphatic heterocycles. The lowest BCUT2D eigenvalue weighted by molar-refractivity contribution is -0.384. The van der Waals surface area contributed by atoms with Crippen LogP contribution in [0.1, 0.15) is 26.3 Å². The molecule has 0 unspecified atom stereocenters. The first kappa shape index (κ1) is 17.6. The molecular weight excluding hydrogens is 288 g/mol. The highest BCUT2D eigenvalue weighted by Gasteiger charge is 2.28. The van der Waals surface area contributed by atoms with Crippen molar-refractivity contribution in [2.45, 2.75) is 33.2 Å². The minimum Gasteiger partial charge on any atom is -0.467 e. The Bertz CT molecular complexity index is 560. The summed E-state index contributed by atoms with van der Waals surface area (Å²) in [5.41, 5.74) is 0.0224. The van der Waals surface area contributed by atoms with Crippen molar-refractivity contribution in [1.82, 2.24) is 5.32 Å². The zero-order valence-corrected chi connectivity index (χ0v) is 13.1. The van der Waals surface area contributed by atoms with Gasteiger partial charge < -0.3 is 10.1 Å². The average molecular weight is 308 g/mol. The number of benzene rings is 1. The summed E-state index contributed by atoms with van der Waals surface area (Å²) >= 11 is 0. The molecule has 120 valence electrons. The number of non-ortho nitro benzene ring substituents is 1. The van der Waals surface area contributed by atoms with E-state index in [1.54, 1.807) is 32.9 Å². The van der Waals surface area contributed by atoms with E-state index in [2.05, 4.69) is 5.32 Å². The van der Waals surface area contributed by atoms with E-state index in [9.17, 15) is 19.7 Å². The maximum atomic E-state index is 12.0. The summed E-state index contributed by atoms with van der Waals surface area (Å²) < 4.78 is 4.70. The van der Waals surface area contributed by atoms with Crippen molar-refractivity contribution in [3.8, 4) is 0 Å². The summed E-state index contributed by atoms with van der Waals surface area (Å²) in [6.45, 7) is 5.22. The topological polar surface area (TPSA) is 98.5 Å². The number of hydrogen-bond donors (Lipinski definition) is 1. The molecule has 0 bridgehead atoms. The van der Waals surface area contributed by atoms with Crippen LogP contribution in [0.25, 0.3) is 0 Å². The van der Waals surface area contributed by atoms with Gasteiger partial charge in [0.2, 0.25) is 5.91 Å². The van der Waals surface area contributed by atoms with Crippen LogP contribution in [0.4, 0.5) is 5.69 Å². The third kappa shape index (κ3) is 4.83. The standard InChI is InChI=1S/C15H20N2O5/c1-15(2,3)14(19)16-12(13(18)22-4)9-10-5-7-11(8-6-10)17(20)21/h5-8,12H,9H2,1-4H3,(H,16,19)/t12-/m0/s1. The Kier molecular flexibility index (Phi) is 5.62. The molecule has 0 spiro atoms. The second kappa shape index (κ2) is 7.02. The molecule has 0 radical (unpaired) electrons. The van der Waals surface area contributed by atoms with E-state index in [0.717, 1.165) is 0 Å². The lowest BCUT2D eigenvalue weighted by atomic mass is 9.94. The van der Waals surface area contributed by atoms with Crippen molar-refractivity contribution in [3.05, 3.63) is 39.9 Å². The molecule has 0 fully saturated rings. The number of carbonyl (C=O) groups is 2. The SMILES string of the molecule is COC(=O)[C@H](Cc1ccc([N+](=O)[O-])cc1)NC(=O)C(C)(C)C. The number of esters is 1. The molecule has 0 aromatic heterocycles. The molecule has 1 aromatic rings. The molecule has 1 aromatic carbocycles. The Morgan fingerprint density at radius 1 is 1.27 bits per heavy atom. The number of amides is 1. The highest BCUT2D eigenvalue weighted by molar-refractivity contribution is 5.87. The number of nitrogens with one attached hydrogen (secondary N) is 1. The maximum absolute atomic E-state index is 12.0. The molecule has 7 nitrogen and oxygen atoms in total. The molecule has 1 amide bonds.